The third-order valence-electron chi connectivity index (χ3n) is 3.47. The van der Waals surface area contributed by atoms with Gasteiger partial charge in [0, 0.05) is 23.8 Å². The molecule has 0 N–H and O–H groups in total. The molecule has 0 saturated carbocycles. The van der Waals surface area contributed by atoms with Gasteiger partial charge < -0.3 is 0 Å². The van der Waals surface area contributed by atoms with E-state index in [1.807, 2.05) is 40.1 Å². The predicted octanol–water partition coefficient (Wildman–Crippen LogP) is 5.64. The van der Waals surface area contributed by atoms with E-state index < -0.39 is 11.9 Å². The fraction of sp³-hybridized carbons (Fsp3) is 0.500. The number of rotatable bonds is 5. The molecule has 3 nitrogen and oxygen atoms in total. The molecule has 0 aliphatic carbocycles. The van der Waals surface area contributed by atoms with Crippen LogP contribution in [-0.2, 0) is 24.8 Å². The Hall–Kier alpha value is -1.63. The molecule has 0 fully saturated rings. The third kappa shape index (κ3) is 5.99. The molecule has 0 atom stereocenters. The summed E-state index contributed by atoms with van der Waals surface area (Å²) in [7, 11) is 0. The summed E-state index contributed by atoms with van der Waals surface area (Å²) >= 11 is 1.23. The highest BCUT2D eigenvalue weighted by Crippen LogP contribution is 2.31. The van der Waals surface area contributed by atoms with E-state index in [0.29, 0.717) is 11.4 Å². The molecular formula is C18H24F3N3S. The van der Waals surface area contributed by atoms with E-state index >= 15 is 0 Å². The van der Waals surface area contributed by atoms with Gasteiger partial charge in [0.2, 0.25) is 0 Å². The topological polar surface area (TPSA) is 38.7 Å². The van der Waals surface area contributed by atoms with Gasteiger partial charge in [0.1, 0.15) is 5.69 Å². The van der Waals surface area contributed by atoms with Gasteiger partial charge in [-0.1, -0.05) is 39.5 Å². The lowest BCUT2D eigenvalue weighted by atomic mass is 10.0. The normalized spacial score (nSPS) is 11.0. The lowest BCUT2D eigenvalue weighted by Gasteiger charge is -2.12. The zero-order valence-electron chi connectivity index (χ0n) is 15.2. The summed E-state index contributed by atoms with van der Waals surface area (Å²) < 4.78 is 38.5. The number of halogens is 3. The molecule has 7 heteroatoms. The molecule has 25 heavy (non-hydrogen) atoms. The monoisotopic (exact) mass is 371 g/mol. The van der Waals surface area contributed by atoms with E-state index in [9.17, 15) is 13.2 Å². The van der Waals surface area contributed by atoms with Crippen molar-refractivity contribution in [2.24, 2.45) is 0 Å². The molecular weight excluding hydrogens is 347 g/mol. The summed E-state index contributed by atoms with van der Waals surface area (Å²) in [5, 5.41) is 0.151. The van der Waals surface area contributed by atoms with Crippen LogP contribution in [0.3, 0.4) is 0 Å². The van der Waals surface area contributed by atoms with Gasteiger partial charge in [-0.05, 0) is 42.5 Å². The van der Waals surface area contributed by atoms with E-state index in [1.54, 1.807) is 6.92 Å². The molecule has 0 bridgehead atoms. The number of nitrogens with zero attached hydrogens (tertiary/aromatic N) is 3. The van der Waals surface area contributed by atoms with Crippen LogP contribution in [0.4, 0.5) is 13.2 Å². The summed E-state index contributed by atoms with van der Waals surface area (Å²) in [6, 6.07) is 0.964. The Morgan fingerprint density at radius 3 is 2.04 bits per heavy atom. The first-order valence-corrected chi connectivity index (χ1v) is 9.34. The van der Waals surface area contributed by atoms with E-state index in [2.05, 4.69) is 15.0 Å². The number of hydrogen-bond acceptors (Lipinski definition) is 4. The molecule has 0 aliphatic rings. The highest BCUT2D eigenvalue weighted by Gasteiger charge is 2.33. The SMILES string of the molecule is CC.CCc1cncc(CC)c1CSc1nc(C)cc(C(F)(F)F)n1. The maximum Gasteiger partial charge on any atom is 0.433 e. The molecule has 0 amide bonds. The zero-order chi connectivity index (χ0) is 19.0. The predicted molar refractivity (Wildman–Crippen MR) is 95.7 cm³/mol. The van der Waals surface area contributed by atoms with Crippen LogP contribution < -0.4 is 0 Å². The molecule has 2 aromatic heterocycles. The van der Waals surface area contributed by atoms with Crippen molar-refractivity contribution < 1.29 is 13.2 Å². The summed E-state index contributed by atoms with van der Waals surface area (Å²) in [4.78, 5) is 12.0. The Labute approximate surface area is 151 Å². The molecule has 0 aliphatic heterocycles. The van der Waals surface area contributed by atoms with Crippen LogP contribution in [0.15, 0.2) is 23.6 Å². The summed E-state index contributed by atoms with van der Waals surface area (Å²) in [5.41, 5.74) is 2.76. The van der Waals surface area contributed by atoms with Crippen LogP contribution in [0.1, 0.15) is 55.8 Å². The van der Waals surface area contributed by atoms with Gasteiger partial charge in [-0.2, -0.15) is 13.2 Å². The van der Waals surface area contributed by atoms with Crippen molar-refractivity contribution in [1.82, 2.24) is 15.0 Å². The second-order valence-corrected chi connectivity index (χ2v) is 6.05. The van der Waals surface area contributed by atoms with Gasteiger partial charge in [-0.15, -0.1) is 0 Å². The van der Waals surface area contributed by atoms with Crippen LogP contribution in [0.25, 0.3) is 0 Å². The fourth-order valence-corrected chi connectivity index (χ4v) is 3.28. The average molecular weight is 371 g/mol. The first-order chi connectivity index (χ1) is 11.8. The van der Waals surface area contributed by atoms with Gasteiger partial charge in [-0.3, -0.25) is 4.98 Å². The van der Waals surface area contributed by atoms with Crippen molar-refractivity contribution in [2.45, 2.75) is 64.5 Å². The van der Waals surface area contributed by atoms with Crippen LogP contribution in [0.5, 0.6) is 0 Å². The highest BCUT2D eigenvalue weighted by atomic mass is 32.2. The van der Waals surface area contributed by atoms with Gasteiger partial charge in [0.25, 0.3) is 0 Å². The van der Waals surface area contributed by atoms with Crippen LogP contribution in [0.2, 0.25) is 0 Å². The quantitative estimate of drug-likeness (QED) is 0.503. The smallest absolute Gasteiger partial charge is 0.264 e. The van der Waals surface area contributed by atoms with E-state index in [4.69, 9.17) is 0 Å². The Bertz CT molecular complexity index is 666. The molecule has 0 saturated heterocycles. The Kier molecular flexibility index (Phi) is 8.35. The van der Waals surface area contributed by atoms with Crippen molar-refractivity contribution in [1.29, 1.82) is 0 Å². The first-order valence-electron chi connectivity index (χ1n) is 8.35. The number of hydrogen-bond donors (Lipinski definition) is 0. The Morgan fingerprint density at radius 2 is 1.56 bits per heavy atom. The maximum absolute atomic E-state index is 12.8. The molecule has 2 aromatic rings. The Morgan fingerprint density at radius 1 is 1.00 bits per heavy atom. The third-order valence-corrected chi connectivity index (χ3v) is 4.34. The van der Waals surface area contributed by atoms with Crippen molar-refractivity contribution in [3.63, 3.8) is 0 Å². The van der Waals surface area contributed by atoms with Gasteiger partial charge in [0.15, 0.2) is 5.16 Å². The van der Waals surface area contributed by atoms with Crippen molar-refractivity contribution in [3.8, 4) is 0 Å². The molecule has 0 radical (unpaired) electrons. The van der Waals surface area contributed by atoms with E-state index in [0.717, 1.165) is 35.6 Å². The van der Waals surface area contributed by atoms with Crippen molar-refractivity contribution in [3.05, 3.63) is 46.5 Å². The minimum absolute atomic E-state index is 0.151. The van der Waals surface area contributed by atoms with Crippen molar-refractivity contribution >= 4 is 11.8 Å². The minimum atomic E-state index is -4.46. The maximum atomic E-state index is 12.8. The van der Waals surface area contributed by atoms with Crippen molar-refractivity contribution in [2.75, 3.05) is 0 Å². The first kappa shape index (κ1) is 21.4. The summed E-state index contributed by atoms with van der Waals surface area (Å²) in [6.45, 7) is 9.62. The molecule has 2 heterocycles. The van der Waals surface area contributed by atoms with E-state index in [-0.39, 0.29) is 5.16 Å². The molecule has 2 rings (SSSR count). The number of thioether (sulfide) groups is 1. The number of pyridine rings is 1. The second-order valence-electron chi connectivity index (χ2n) is 5.11. The molecule has 0 spiro atoms. The van der Waals surface area contributed by atoms with Crippen LogP contribution in [-0.4, -0.2) is 15.0 Å². The number of aromatic nitrogens is 3. The molecule has 0 aromatic carbocycles. The largest absolute Gasteiger partial charge is 0.433 e. The minimum Gasteiger partial charge on any atom is -0.264 e. The van der Waals surface area contributed by atoms with Crippen LogP contribution in [0, 0.1) is 6.92 Å². The fourth-order valence-electron chi connectivity index (χ4n) is 2.26. The van der Waals surface area contributed by atoms with Gasteiger partial charge >= 0.3 is 6.18 Å². The lowest BCUT2D eigenvalue weighted by molar-refractivity contribution is -0.141. The van der Waals surface area contributed by atoms with Gasteiger partial charge in [-0.25, -0.2) is 9.97 Å². The molecule has 0 unspecified atom stereocenters. The number of aryl methyl sites for hydroxylation is 3. The zero-order valence-corrected chi connectivity index (χ0v) is 16.1. The number of alkyl halides is 3. The van der Waals surface area contributed by atoms with E-state index in [1.165, 1.54) is 11.8 Å². The Balaban J connectivity index is 0.00000151. The van der Waals surface area contributed by atoms with Crippen LogP contribution >= 0.6 is 11.8 Å². The summed E-state index contributed by atoms with van der Waals surface area (Å²) in [5.74, 6) is 0.537. The average Bonchev–Trinajstić information content (AvgIpc) is 2.60. The molecule has 138 valence electrons. The standard InChI is InChI=1S/C16H18F3N3S.C2H6/c1-4-11-7-20-8-12(5-2)13(11)9-23-15-21-10(3)6-14(22-15)16(17,18)19;1-2/h6-8H,4-5,9H2,1-3H3;1-2H3. The summed E-state index contributed by atoms with van der Waals surface area (Å²) in [6.07, 6.45) is 0.835. The lowest BCUT2D eigenvalue weighted by Crippen LogP contribution is -2.10. The highest BCUT2D eigenvalue weighted by molar-refractivity contribution is 7.98. The van der Waals surface area contributed by atoms with Gasteiger partial charge in [0.05, 0.1) is 0 Å². The second kappa shape index (κ2) is 9.75.